The summed E-state index contributed by atoms with van der Waals surface area (Å²) in [5.41, 5.74) is 1.05. The summed E-state index contributed by atoms with van der Waals surface area (Å²) < 4.78 is 22.5. The lowest BCUT2D eigenvalue weighted by atomic mass is 10.1. The lowest BCUT2D eigenvalue weighted by Gasteiger charge is -2.11. The van der Waals surface area contributed by atoms with Gasteiger partial charge in [0.2, 0.25) is 10.0 Å². The number of guanidine groups is 1. The van der Waals surface area contributed by atoms with Crippen LogP contribution < -0.4 is 15.8 Å². The van der Waals surface area contributed by atoms with Crippen LogP contribution in [0.15, 0.2) is 34.2 Å². The number of thioether (sulfide) groups is 1. The highest BCUT2D eigenvalue weighted by molar-refractivity contribution is 7.98. The molecule has 1 rings (SSSR count). The number of aliphatic imine (C=N–C) groups is 1. The normalized spacial score (nSPS) is 12.2. The molecule has 0 saturated carbocycles. The molecular weight excluding hydrogens is 344 g/mol. The summed E-state index contributed by atoms with van der Waals surface area (Å²) in [6.07, 6.45) is 5.17. The minimum absolute atomic E-state index is 0.138. The standard InChI is InChI=1S/C16H28N4O2S2/c1-3-18-16(19-11-4-5-13-23-2)20-12-10-14-6-8-15(9-7-14)24(17,21)22/h6-9H,3-5,10-13H2,1-2H3,(H2,17,21,22)(H2,18,19,20). The second-order valence-corrected chi connectivity index (χ2v) is 7.87. The van der Waals surface area contributed by atoms with E-state index >= 15 is 0 Å². The summed E-state index contributed by atoms with van der Waals surface area (Å²) >= 11 is 1.86. The molecule has 0 unspecified atom stereocenters. The Morgan fingerprint density at radius 2 is 1.92 bits per heavy atom. The third-order valence-electron chi connectivity index (χ3n) is 3.33. The number of unbranched alkanes of at least 4 members (excludes halogenated alkanes) is 1. The number of hydrogen-bond acceptors (Lipinski definition) is 4. The molecule has 0 heterocycles. The molecule has 0 amide bonds. The Kier molecular flexibility index (Phi) is 9.82. The van der Waals surface area contributed by atoms with Crippen molar-refractivity contribution >= 4 is 27.7 Å². The lowest BCUT2D eigenvalue weighted by Crippen LogP contribution is -2.38. The Balaban J connectivity index is 2.42. The van der Waals surface area contributed by atoms with E-state index in [4.69, 9.17) is 5.14 Å². The van der Waals surface area contributed by atoms with Crippen LogP contribution in [0.3, 0.4) is 0 Å². The van der Waals surface area contributed by atoms with Crippen LogP contribution in [0.4, 0.5) is 0 Å². The third-order valence-corrected chi connectivity index (χ3v) is 4.95. The number of sulfonamides is 1. The van der Waals surface area contributed by atoms with Gasteiger partial charge in [0.15, 0.2) is 5.96 Å². The van der Waals surface area contributed by atoms with Crippen LogP contribution in [0.25, 0.3) is 0 Å². The molecule has 1 aromatic rings. The van der Waals surface area contributed by atoms with Gasteiger partial charge in [-0.3, -0.25) is 4.99 Å². The van der Waals surface area contributed by atoms with Crippen molar-refractivity contribution in [3.05, 3.63) is 29.8 Å². The van der Waals surface area contributed by atoms with Gasteiger partial charge in [-0.1, -0.05) is 12.1 Å². The van der Waals surface area contributed by atoms with E-state index in [9.17, 15) is 8.42 Å². The molecule has 0 fully saturated rings. The SMILES string of the molecule is CCNC(=NCCCCSC)NCCc1ccc(S(N)(=O)=O)cc1. The largest absolute Gasteiger partial charge is 0.357 e. The Morgan fingerprint density at radius 3 is 2.50 bits per heavy atom. The molecule has 0 aliphatic carbocycles. The van der Waals surface area contributed by atoms with Gasteiger partial charge in [-0.25, -0.2) is 13.6 Å². The van der Waals surface area contributed by atoms with E-state index in [1.54, 1.807) is 12.1 Å². The molecule has 136 valence electrons. The zero-order valence-electron chi connectivity index (χ0n) is 14.4. The Bertz CT molecular complexity index is 601. The highest BCUT2D eigenvalue weighted by Crippen LogP contribution is 2.08. The van der Waals surface area contributed by atoms with Crippen molar-refractivity contribution in [2.45, 2.75) is 31.1 Å². The number of nitrogens with two attached hydrogens (primary N) is 1. The molecule has 0 saturated heterocycles. The van der Waals surface area contributed by atoms with Gasteiger partial charge >= 0.3 is 0 Å². The molecule has 0 radical (unpaired) electrons. The average Bonchev–Trinajstić information content (AvgIpc) is 2.54. The molecule has 0 aliphatic heterocycles. The van der Waals surface area contributed by atoms with Crippen molar-refractivity contribution < 1.29 is 8.42 Å². The van der Waals surface area contributed by atoms with Gasteiger partial charge in [0.1, 0.15) is 0 Å². The van der Waals surface area contributed by atoms with Gasteiger partial charge in [0.05, 0.1) is 4.90 Å². The number of nitrogens with zero attached hydrogens (tertiary/aromatic N) is 1. The fourth-order valence-corrected chi connectivity index (χ4v) is 3.07. The summed E-state index contributed by atoms with van der Waals surface area (Å²) in [6, 6.07) is 6.65. The van der Waals surface area contributed by atoms with Crippen LogP contribution in [0, 0.1) is 0 Å². The second-order valence-electron chi connectivity index (χ2n) is 5.33. The second kappa shape index (κ2) is 11.3. The molecular formula is C16H28N4O2S2. The first-order valence-electron chi connectivity index (χ1n) is 8.10. The molecule has 0 spiro atoms. The summed E-state index contributed by atoms with van der Waals surface area (Å²) in [7, 11) is -3.62. The summed E-state index contributed by atoms with van der Waals surface area (Å²) in [6.45, 7) is 4.40. The maximum atomic E-state index is 11.2. The van der Waals surface area contributed by atoms with Gasteiger partial charge in [0, 0.05) is 19.6 Å². The van der Waals surface area contributed by atoms with Crippen molar-refractivity contribution in [3.63, 3.8) is 0 Å². The smallest absolute Gasteiger partial charge is 0.238 e. The molecule has 0 atom stereocenters. The predicted octanol–water partition coefficient (Wildman–Crippen LogP) is 1.57. The summed E-state index contributed by atoms with van der Waals surface area (Å²) in [5, 5.41) is 11.6. The van der Waals surface area contributed by atoms with Gasteiger partial charge in [-0.05, 0) is 55.9 Å². The lowest BCUT2D eigenvalue weighted by molar-refractivity contribution is 0.598. The van der Waals surface area contributed by atoms with E-state index in [2.05, 4.69) is 21.9 Å². The van der Waals surface area contributed by atoms with Gasteiger partial charge in [-0.2, -0.15) is 11.8 Å². The highest BCUT2D eigenvalue weighted by atomic mass is 32.2. The number of benzene rings is 1. The van der Waals surface area contributed by atoms with Crippen LogP contribution >= 0.6 is 11.8 Å². The molecule has 8 heteroatoms. The van der Waals surface area contributed by atoms with E-state index in [0.29, 0.717) is 0 Å². The van der Waals surface area contributed by atoms with Crippen molar-refractivity contribution in [1.29, 1.82) is 0 Å². The molecule has 24 heavy (non-hydrogen) atoms. The van der Waals surface area contributed by atoms with Crippen LogP contribution in [0.2, 0.25) is 0 Å². The fraction of sp³-hybridized carbons (Fsp3) is 0.562. The minimum Gasteiger partial charge on any atom is -0.357 e. The van der Waals surface area contributed by atoms with Crippen LogP contribution in [-0.2, 0) is 16.4 Å². The first-order chi connectivity index (χ1) is 11.5. The zero-order valence-corrected chi connectivity index (χ0v) is 16.0. The van der Waals surface area contributed by atoms with E-state index in [1.165, 1.54) is 24.3 Å². The Hall–Kier alpha value is -1.25. The summed E-state index contributed by atoms with van der Waals surface area (Å²) in [4.78, 5) is 4.69. The molecule has 6 nitrogen and oxygen atoms in total. The first-order valence-corrected chi connectivity index (χ1v) is 11.0. The molecule has 0 bridgehead atoms. The highest BCUT2D eigenvalue weighted by Gasteiger charge is 2.06. The van der Waals surface area contributed by atoms with E-state index in [0.717, 1.165) is 44.0 Å². The van der Waals surface area contributed by atoms with E-state index in [-0.39, 0.29) is 4.90 Å². The Morgan fingerprint density at radius 1 is 1.21 bits per heavy atom. The van der Waals surface area contributed by atoms with Crippen molar-refractivity contribution in [3.8, 4) is 0 Å². The number of nitrogens with one attached hydrogen (secondary N) is 2. The van der Waals surface area contributed by atoms with Crippen molar-refractivity contribution in [2.24, 2.45) is 10.1 Å². The van der Waals surface area contributed by atoms with Crippen molar-refractivity contribution in [2.75, 3.05) is 31.6 Å². The molecule has 4 N–H and O–H groups in total. The third kappa shape index (κ3) is 8.56. The number of rotatable bonds is 10. The van der Waals surface area contributed by atoms with Crippen molar-refractivity contribution in [1.82, 2.24) is 10.6 Å². The van der Waals surface area contributed by atoms with Gasteiger partial charge in [0.25, 0.3) is 0 Å². The molecule has 1 aromatic carbocycles. The fourth-order valence-electron chi connectivity index (χ4n) is 2.06. The van der Waals surface area contributed by atoms with E-state index in [1.807, 2.05) is 18.7 Å². The van der Waals surface area contributed by atoms with E-state index < -0.39 is 10.0 Å². The quantitative estimate of drug-likeness (QED) is 0.329. The summed E-state index contributed by atoms with van der Waals surface area (Å²) in [5.74, 6) is 2.00. The zero-order chi connectivity index (χ0) is 17.8. The number of hydrogen-bond donors (Lipinski definition) is 3. The van der Waals surface area contributed by atoms with Crippen LogP contribution in [0.1, 0.15) is 25.3 Å². The number of primary sulfonamides is 1. The van der Waals surface area contributed by atoms with Gasteiger partial charge < -0.3 is 10.6 Å². The maximum absolute atomic E-state index is 11.2. The Labute approximate surface area is 149 Å². The average molecular weight is 373 g/mol. The monoisotopic (exact) mass is 372 g/mol. The first kappa shape index (κ1) is 20.8. The topological polar surface area (TPSA) is 96.6 Å². The molecule has 0 aliphatic rings. The predicted molar refractivity (Wildman–Crippen MR) is 103 cm³/mol. The van der Waals surface area contributed by atoms with Crippen LogP contribution in [0.5, 0.6) is 0 Å². The molecule has 0 aromatic heterocycles. The minimum atomic E-state index is -3.62. The van der Waals surface area contributed by atoms with Gasteiger partial charge in [-0.15, -0.1) is 0 Å². The maximum Gasteiger partial charge on any atom is 0.238 e. The van der Waals surface area contributed by atoms with Crippen LogP contribution in [-0.4, -0.2) is 46.0 Å².